The fraction of sp³-hybridized carbons (Fsp3) is 0.636. The minimum absolute atomic E-state index is 0.0506. The van der Waals surface area contributed by atoms with Gasteiger partial charge in [0.15, 0.2) is 0 Å². The Morgan fingerprint density at radius 2 is 1.90 bits per heavy atom. The molecule has 2 amide bonds. The lowest BCUT2D eigenvalue weighted by Gasteiger charge is -2.30. The van der Waals surface area contributed by atoms with E-state index < -0.39 is 15.4 Å². The van der Waals surface area contributed by atoms with E-state index in [-0.39, 0.29) is 23.3 Å². The summed E-state index contributed by atoms with van der Waals surface area (Å²) in [4.78, 5) is 29.3. The number of rotatable bonds is 4. The van der Waals surface area contributed by atoms with Crippen LogP contribution < -0.4 is 4.90 Å². The Hall–Kier alpha value is -1.97. The summed E-state index contributed by atoms with van der Waals surface area (Å²) in [6, 6.07) is 4.87. The zero-order valence-corrected chi connectivity index (χ0v) is 19.3. The highest BCUT2D eigenvalue weighted by Crippen LogP contribution is 2.43. The van der Waals surface area contributed by atoms with Gasteiger partial charge in [0.1, 0.15) is 6.54 Å². The maximum absolute atomic E-state index is 13.2. The highest BCUT2D eigenvalue weighted by atomic mass is 32.2. The summed E-state index contributed by atoms with van der Waals surface area (Å²) in [6.45, 7) is 8.65. The van der Waals surface area contributed by atoms with Gasteiger partial charge in [-0.3, -0.25) is 9.59 Å². The van der Waals surface area contributed by atoms with Gasteiger partial charge in [-0.25, -0.2) is 8.42 Å². The molecule has 0 saturated carbocycles. The Morgan fingerprint density at radius 1 is 1.19 bits per heavy atom. The molecule has 1 aromatic rings. The molecule has 0 unspecified atom stereocenters. The Kier molecular flexibility index (Phi) is 5.87. The second-order valence-electron chi connectivity index (χ2n) is 9.30. The maximum Gasteiger partial charge on any atom is 0.243 e. The summed E-state index contributed by atoms with van der Waals surface area (Å²) >= 11 is 0. The SMILES string of the molecule is C[C@H]1CCCN(S(=O)(=O)c2ccc3c(c2)C(C)(C)C(=O)N3CC(=O)N2CCOCC2)C1. The molecule has 2 fully saturated rings. The average Bonchev–Trinajstić information content (AvgIpc) is 2.94. The van der Waals surface area contributed by atoms with Crippen LogP contribution in [0.5, 0.6) is 0 Å². The van der Waals surface area contributed by atoms with E-state index in [4.69, 9.17) is 4.74 Å². The van der Waals surface area contributed by atoms with Crippen LogP contribution in [0.4, 0.5) is 5.69 Å². The molecule has 0 aliphatic carbocycles. The molecule has 8 nitrogen and oxygen atoms in total. The quantitative estimate of drug-likeness (QED) is 0.697. The lowest BCUT2D eigenvalue weighted by atomic mass is 9.86. The predicted octanol–water partition coefficient (Wildman–Crippen LogP) is 1.59. The third-order valence-electron chi connectivity index (χ3n) is 6.63. The first kappa shape index (κ1) is 22.2. The first-order valence-corrected chi connectivity index (χ1v) is 12.4. The van der Waals surface area contributed by atoms with Gasteiger partial charge in [-0.1, -0.05) is 6.92 Å². The smallest absolute Gasteiger partial charge is 0.243 e. The van der Waals surface area contributed by atoms with Crippen molar-refractivity contribution in [2.45, 2.75) is 43.9 Å². The van der Waals surface area contributed by atoms with Crippen LogP contribution in [0.25, 0.3) is 0 Å². The van der Waals surface area contributed by atoms with E-state index in [1.54, 1.807) is 41.3 Å². The van der Waals surface area contributed by atoms with Gasteiger partial charge in [-0.2, -0.15) is 4.31 Å². The number of ether oxygens (including phenoxy) is 1. The van der Waals surface area contributed by atoms with Crippen LogP contribution in [0.3, 0.4) is 0 Å². The molecule has 0 spiro atoms. The van der Waals surface area contributed by atoms with Gasteiger partial charge in [0, 0.05) is 31.9 Å². The molecular weight excluding hydrogens is 418 g/mol. The molecule has 0 bridgehead atoms. The topological polar surface area (TPSA) is 87.2 Å². The van der Waals surface area contributed by atoms with Gasteiger partial charge in [0.2, 0.25) is 21.8 Å². The van der Waals surface area contributed by atoms with Crippen molar-refractivity contribution in [2.24, 2.45) is 5.92 Å². The van der Waals surface area contributed by atoms with E-state index in [0.29, 0.717) is 56.6 Å². The number of hydrogen-bond donors (Lipinski definition) is 0. The number of sulfonamides is 1. The molecule has 9 heteroatoms. The summed E-state index contributed by atoms with van der Waals surface area (Å²) in [5.41, 5.74) is 0.363. The highest BCUT2D eigenvalue weighted by Gasteiger charge is 2.45. The molecule has 4 rings (SSSR count). The molecule has 3 heterocycles. The van der Waals surface area contributed by atoms with Crippen LogP contribution in [0.2, 0.25) is 0 Å². The second-order valence-corrected chi connectivity index (χ2v) is 11.2. The lowest BCUT2D eigenvalue weighted by molar-refractivity contribution is -0.135. The van der Waals surface area contributed by atoms with Crippen molar-refractivity contribution in [1.82, 2.24) is 9.21 Å². The monoisotopic (exact) mass is 449 g/mol. The number of amides is 2. The van der Waals surface area contributed by atoms with Gasteiger partial charge in [0.25, 0.3) is 0 Å². The highest BCUT2D eigenvalue weighted by molar-refractivity contribution is 7.89. The zero-order valence-electron chi connectivity index (χ0n) is 18.5. The van der Waals surface area contributed by atoms with E-state index in [2.05, 4.69) is 6.92 Å². The number of carbonyl (C=O) groups is 2. The third-order valence-corrected chi connectivity index (χ3v) is 8.49. The molecule has 0 N–H and O–H groups in total. The molecule has 2 saturated heterocycles. The summed E-state index contributed by atoms with van der Waals surface area (Å²) in [7, 11) is -3.63. The first-order valence-electron chi connectivity index (χ1n) is 10.9. The standard InChI is InChI=1S/C22H31N3O5S/c1-16-5-4-8-24(14-16)31(28,29)17-6-7-19-18(13-17)22(2,3)21(27)25(19)15-20(26)23-9-11-30-12-10-23/h6-7,13,16H,4-5,8-12,14-15H2,1-3H3/t16-/m0/s1. The average molecular weight is 450 g/mol. The summed E-state index contributed by atoms with van der Waals surface area (Å²) in [5, 5.41) is 0. The second kappa shape index (κ2) is 8.18. The van der Waals surface area contributed by atoms with Crippen molar-refractivity contribution < 1.29 is 22.7 Å². The summed E-state index contributed by atoms with van der Waals surface area (Å²) < 4.78 is 33.3. The number of piperidine rings is 1. The molecule has 3 aliphatic rings. The van der Waals surface area contributed by atoms with E-state index >= 15 is 0 Å². The fourth-order valence-electron chi connectivity index (χ4n) is 4.69. The van der Waals surface area contributed by atoms with Crippen molar-refractivity contribution in [3.8, 4) is 0 Å². The Morgan fingerprint density at radius 3 is 2.58 bits per heavy atom. The van der Waals surface area contributed by atoms with E-state index in [0.717, 1.165) is 12.8 Å². The van der Waals surface area contributed by atoms with Crippen LogP contribution in [-0.4, -0.2) is 75.4 Å². The molecule has 31 heavy (non-hydrogen) atoms. The predicted molar refractivity (Wildman–Crippen MR) is 116 cm³/mol. The number of nitrogens with zero attached hydrogens (tertiary/aromatic N) is 3. The number of hydrogen-bond acceptors (Lipinski definition) is 5. The number of morpholine rings is 1. The van der Waals surface area contributed by atoms with Gasteiger partial charge in [-0.15, -0.1) is 0 Å². The van der Waals surface area contributed by atoms with Gasteiger partial charge in [0.05, 0.1) is 23.5 Å². The van der Waals surface area contributed by atoms with Crippen molar-refractivity contribution >= 4 is 27.5 Å². The van der Waals surface area contributed by atoms with Crippen LogP contribution in [0.15, 0.2) is 23.1 Å². The fourth-order valence-corrected chi connectivity index (χ4v) is 6.32. The van der Waals surface area contributed by atoms with Crippen LogP contribution >= 0.6 is 0 Å². The largest absolute Gasteiger partial charge is 0.378 e. The number of carbonyl (C=O) groups excluding carboxylic acids is 2. The number of fused-ring (bicyclic) bond motifs is 1. The first-order chi connectivity index (χ1) is 14.6. The maximum atomic E-state index is 13.2. The molecule has 170 valence electrons. The van der Waals surface area contributed by atoms with Crippen LogP contribution in [0.1, 0.15) is 39.2 Å². The molecule has 3 aliphatic heterocycles. The molecule has 1 aromatic carbocycles. The Balaban J connectivity index is 1.62. The lowest BCUT2D eigenvalue weighted by Crippen LogP contribution is -2.47. The van der Waals surface area contributed by atoms with Crippen molar-refractivity contribution in [2.75, 3.05) is 50.8 Å². The zero-order chi connectivity index (χ0) is 22.4. The van der Waals surface area contributed by atoms with Crippen LogP contribution in [-0.2, 0) is 29.8 Å². The molecule has 1 atom stereocenters. The van der Waals surface area contributed by atoms with E-state index in [1.165, 1.54) is 4.90 Å². The molecular formula is C22H31N3O5S. The minimum atomic E-state index is -3.63. The van der Waals surface area contributed by atoms with E-state index in [9.17, 15) is 18.0 Å². The third kappa shape index (κ3) is 3.99. The Labute approximate surface area is 184 Å². The normalized spacial score (nSPS) is 24.4. The van der Waals surface area contributed by atoms with Crippen molar-refractivity contribution in [3.05, 3.63) is 23.8 Å². The van der Waals surface area contributed by atoms with Gasteiger partial charge < -0.3 is 14.5 Å². The minimum Gasteiger partial charge on any atom is -0.378 e. The van der Waals surface area contributed by atoms with Crippen molar-refractivity contribution in [1.29, 1.82) is 0 Å². The van der Waals surface area contributed by atoms with Gasteiger partial charge in [-0.05, 0) is 56.4 Å². The Bertz CT molecular complexity index is 985. The summed E-state index contributed by atoms with van der Waals surface area (Å²) in [6.07, 6.45) is 1.89. The summed E-state index contributed by atoms with van der Waals surface area (Å²) in [5.74, 6) is 0.0159. The molecule has 0 radical (unpaired) electrons. The number of benzene rings is 1. The molecule has 0 aromatic heterocycles. The van der Waals surface area contributed by atoms with Gasteiger partial charge >= 0.3 is 0 Å². The van der Waals surface area contributed by atoms with Crippen molar-refractivity contribution in [3.63, 3.8) is 0 Å². The van der Waals surface area contributed by atoms with Crippen LogP contribution in [0, 0.1) is 5.92 Å². The number of anilines is 1. The van der Waals surface area contributed by atoms with E-state index in [1.807, 2.05) is 0 Å².